The van der Waals surface area contributed by atoms with E-state index in [4.69, 9.17) is 0 Å². The van der Waals surface area contributed by atoms with Crippen LogP contribution in [0.1, 0.15) is 24.2 Å². The summed E-state index contributed by atoms with van der Waals surface area (Å²) in [6.07, 6.45) is 2.74. The summed E-state index contributed by atoms with van der Waals surface area (Å²) in [4.78, 5) is 0. The fraction of sp³-hybridized carbons (Fsp3) is 0.273. The van der Waals surface area contributed by atoms with Gasteiger partial charge in [0.15, 0.2) is 11.6 Å². The lowest BCUT2D eigenvalue weighted by Crippen LogP contribution is -2.12. The molecule has 0 spiro atoms. The molecule has 0 aromatic heterocycles. The average molecular weight is 196 g/mol. The summed E-state index contributed by atoms with van der Waals surface area (Å²) in [5, 5.41) is 9.70. The SMILES string of the molecule is C[C@H]1C=Cc2cc(F)c(F)cc2[C@@H]1O. The lowest BCUT2D eigenvalue weighted by molar-refractivity contribution is 0.137. The normalized spacial score (nSPS) is 24.9. The van der Waals surface area contributed by atoms with Crippen molar-refractivity contribution in [3.8, 4) is 0 Å². The maximum absolute atomic E-state index is 12.9. The molecule has 1 aromatic carbocycles. The molecule has 1 nitrogen and oxygen atoms in total. The van der Waals surface area contributed by atoms with E-state index >= 15 is 0 Å². The van der Waals surface area contributed by atoms with Crippen LogP contribution in [0.25, 0.3) is 6.08 Å². The fourth-order valence-corrected chi connectivity index (χ4v) is 1.62. The van der Waals surface area contributed by atoms with Crippen LogP contribution in [0.5, 0.6) is 0 Å². The van der Waals surface area contributed by atoms with Crippen LogP contribution in [0.15, 0.2) is 18.2 Å². The highest BCUT2D eigenvalue weighted by molar-refractivity contribution is 5.57. The van der Waals surface area contributed by atoms with Crippen molar-refractivity contribution >= 4 is 6.08 Å². The van der Waals surface area contributed by atoms with Crippen LogP contribution in [-0.2, 0) is 0 Å². The molecular formula is C11H10F2O. The second kappa shape index (κ2) is 3.17. The van der Waals surface area contributed by atoms with Gasteiger partial charge in [-0.3, -0.25) is 0 Å². The zero-order valence-electron chi connectivity index (χ0n) is 7.67. The van der Waals surface area contributed by atoms with Gasteiger partial charge in [0.25, 0.3) is 0 Å². The lowest BCUT2D eigenvalue weighted by Gasteiger charge is -2.22. The number of hydrogen-bond donors (Lipinski definition) is 1. The largest absolute Gasteiger partial charge is 0.388 e. The number of rotatable bonds is 0. The van der Waals surface area contributed by atoms with Gasteiger partial charge in [-0.05, 0) is 23.3 Å². The number of benzene rings is 1. The Labute approximate surface area is 80.7 Å². The first-order chi connectivity index (χ1) is 6.59. The van der Waals surface area contributed by atoms with Gasteiger partial charge in [-0.15, -0.1) is 0 Å². The van der Waals surface area contributed by atoms with E-state index in [0.717, 1.165) is 12.1 Å². The Morgan fingerprint density at radius 2 is 1.86 bits per heavy atom. The zero-order valence-corrected chi connectivity index (χ0v) is 7.67. The van der Waals surface area contributed by atoms with Crippen LogP contribution >= 0.6 is 0 Å². The highest BCUT2D eigenvalue weighted by Crippen LogP contribution is 2.32. The molecule has 0 heterocycles. The predicted octanol–water partition coefficient (Wildman–Crippen LogP) is 2.66. The average Bonchev–Trinajstić information content (AvgIpc) is 2.15. The monoisotopic (exact) mass is 196 g/mol. The van der Waals surface area contributed by atoms with Gasteiger partial charge in [-0.1, -0.05) is 19.1 Å². The standard InChI is InChI=1S/C11H10F2O/c1-6-2-3-7-4-9(12)10(13)5-8(7)11(6)14/h2-6,11,14H,1H3/t6-,11+/m0/s1. The van der Waals surface area contributed by atoms with Crippen molar-refractivity contribution in [1.29, 1.82) is 0 Å². The van der Waals surface area contributed by atoms with Crippen LogP contribution in [0.2, 0.25) is 0 Å². The topological polar surface area (TPSA) is 20.2 Å². The summed E-state index contributed by atoms with van der Waals surface area (Å²) in [6, 6.07) is 2.17. The third kappa shape index (κ3) is 1.34. The van der Waals surface area contributed by atoms with E-state index in [2.05, 4.69) is 0 Å². The highest BCUT2D eigenvalue weighted by atomic mass is 19.2. The second-order valence-electron chi connectivity index (χ2n) is 3.56. The summed E-state index contributed by atoms with van der Waals surface area (Å²) < 4.78 is 25.7. The molecule has 1 N–H and O–H groups in total. The van der Waals surface area contributed by atoms with E-state index < -0.39 is 17.7 Å². The summed E-state index contributed by atoms with van der Waals surface area (Å²) in [7, 11) is 0. The molecule has 0 bridgehead atoms. The van der Waals surface area contributed by atoms with Crippen LogP contribution in [0.3, 0.4) is 0 Å². The Morgan fingerprint density at radius 3 is 2.57 bits per heavy atom. The fourth-order valence-electron chi connectivity index (χ4n) is 1.62. The smallest absolute Gasteiger partial charge is 0.159 e. The van der Waals surface area contributed by atoms with Crippen molar-refractivity contribution < 1.29 is 13.9 Å². The maximum Gasteiger partial charge on any atom is 0.159 e. The van der Waals surface area contributed by atoms with Gasteiger partial charge < -0.3 is 5.11 Å². The Morgan fingerprint density at radius 1 is 1.21 bits per heavy atom. The molecule has 2 atom stereocenters. The number of halogens is 2. The summed E-state index contributed by atoms with van der Waals surface area (Å²) in [5.74, 6) is -1.85. The zero-order chi connectivity index (χ0) is 10.3. The van der Waals surface area contributed by atoms with Gasteiger partial charge in [0.1, 0.15) is 0 Å². The Balaban J connectivity index is 2.58. The van der Waals surface area contributed by atoms with E-state index in [1.165, 1.54) is 0 Å². The van der Waals surface area contributed by atoms with E-state index in [-0.39, 0.29) is 5.92 Å². The first kappa shape index (κ1) is 9.34. The molecule has 0 saturated heterocycles. The summed E-state index contributed by atoms with van der Waals surface area (Å²) in [5.41, 5.74) is 1.01. The minimum atomic E-state index is -0.912. The van der Waals surface area contributed by atoms with Crippen molar-refractivity contribution in [2.75, 3.05) is 0 Å². The number of aliphatic hydroxyl groups excluding tert-OH is 1. The number of hydrogen-bond acceptors (Lipinski definition) is 1. The van der Waals surface area contributed by atoms with Crippen molar-refractivity contribution in [2.45, 2.75) is 13.0 Å². The molecule has 0 saturated carbocycles. The molecule has 74 valence electrons. The summed E-state index contributed by atoms with van der Waals surface area (Å²) in [6.45, 7) is 1.82. The quantitative estimate of drug-likeness (QED) is 0.676. The molecule has 0 unspecified atom stereocenters. The Bertz CT molecular complexity index is 399. The van der Waals surface area contributed by atoms with Gasteiger partial charge >= 0.3 is 0 Å². The molecular weight excluding hydrogens is 186 g/mol. The predicted molar refractivity (Wildman–Crippen MR) is 49.5 cm³/mol. The first-order valence-electron chi connectivity index (χ1n) is 4.45. The number of fused-ring (bicyclic) bond motifs is 1. The Hall–Kier alpha value is -1.22. The van der Waals surface area contributed by atoms with Crippen LogP contribution < -0.4 is 0 Å². The third-order valence-corrected chi connectivity index (χ3v) is 2.52. The molecule has 3 heteroatoms. The molecule has 2 rings (SSSR count). The van der Waals surface area contributed by atoms with E-state index in [1.54, 1.807) is 12.2 Å². The maximum atomic E-state index is 12.9. The molecule has 0 radical (unpaired) electrons. The van der Waals surface area contributed by atoms with E-state index in [0.29, 0.717) is 11.1 Å². The highest BCUT2D eigenvalue weighted by Gasteiger charge is 2.22. The van der Waals surface area contributed by atoms with Crippen LogP contribution in [-0.4, -0.2) is 5.11 Å². The minimum Gasteiger partial charge on any atom is -0.388 e. The van der Waals surface area contributed by atoms with E-state index in [9.17, 15) is 13.9 Å². The van der Waals surface area contributed by atoms with Crippen LogP contribution in [0.4, 0.5) is 8.78 Å². The van der Waals surface area contributed by atoms with Gasteiger partial charge in [0.05, 0.1) is 6.10 Å². The molecule has 14 heavy (non-hydrogen) atoms. The summed E-state index contributed by atoms with van der Waals surface area (Å²) >= 11 is 0. The second-order valence-corrected chi connectivity index (χ2v) is 3.56. The van der Waals surface area contributed by atoms with E-state index in [1.807, 2.05) is 6.92 Å². The number of aliphatic hydroxyl groups is 1. The molecule has 0 amide bonds. The molecule has 0 aliphatic heterocycles. The molecule has 1 aliphatic carbocycles. The lowest BCUT2D eigenvalue weighted by atomic mass is 9.88. The van der Waals surface area contributed by atoms with Crippen molar-refractivity contribution in [1.82, 2.24) is 0 Å². The van der Waals surface area contributed by atoms with Gasteiger partial charge in [-0.2, -0.15) is 0 Å². The third-order valence-electron chi connectivity index (χ3n) is 2.52. The molecule has 1 aliphatic rings. The van der Waals surface area contributed by atoms with Crippen LogP contribution in [0, 0.1) is 17.6 Å². The van der Waals surface area contributed by atoms with Crippen molar-refractivity contribution in [3.05, 3.63) is 41.0 Å². The van der Waals surface area contributed by atoms with Gasteiger partial charge in [0, 0.05) is 5.92 Å². The molecule has 0 fully saturated rings. The first-order valence-corrected chi connectivity index (χ1v) is 4.45. The minimum absolute atomic E-state index is 0.0626. The van der Waals surface area contributed by atoms with Crippen molar-refractivity contribution in [3.63, 3.8) is 0 Å². The van der Waals surface area contributed by atoms with Crippen molar-refractivity contribution in [2.24, 2.45) is 5.92 Å². The Kier molecular flexibility index (Phi) is 2.11. The van der Waals surface area contributed by atoms with Gasteiger partial charge in [-0.25, -0.2) is 8.78 Å². The van der Waals surface area contributed by atoms with Gasteiger partial charge in [0.2, 0.25) is 0 Å². The molecule has 1 aromatic rings.